The number of carbonyl (C=O) groups excluding carboxylic acids is 1. The summed E-state index contributed by atoms with van der Waals surface area (Å²) in [5, 5.41) is 0.502. The summed E-state index contributed by atoms with van der Waals surface area (Å²) < 4.78 is 0. The lowest BCUT2D eigenvalue weighted by Gasteiger charge is -2.13. The molecule has 1 aromatic rings. The first-order valence-corrected chi connectivity index (χ1v) is 7.31. The lowest BCUT2D eigenvalue weighted by Crippen LogP contribution is -2.26. The van der Waals surface area contributed by atoms with E-state index in [1.165, 1.54) is 0 Å². The van der Waals surface area contributed by atoms with Crippen LogP contribution in [-0.2, 0) is 0 Å². The molecule has 0 aliphatic carbocycles. The first-order valence-electron chi connectivity index (χ1n) is 6.93. The molecule has 0 amide bonds. The lowest BCUT2D eigenvalue weighted by molar-refractivity contribution is 0.0952. The molecule has 3 heteroatoms. The van der Waals surface area contributed by atoms with Crippen LogP contribution in [0.5, 0.6) is 0 Å². The van der Waals surface area contributed by atoms with Crippen LogP contribution in [0.3, 0.4) is 0 Å². The number of rotatable bonds is 5. The predicted octanol–water partition coefficient (Wildman–Crippen LogP) is 4.06. The Balaban J connectivity index is 2.49. The summed E-state index contributed by atoms with van der Waals surface area (Å²) in [6.45, 7) is 7.22. The van der Waals surface area contributed by atoms with Gasteiger partial charge in [-0.3, -0.25) is 9.69 Å². The molecular weight excluding hydrogens is 282 g/mol. The van der Waals surface area contributed by atoms with Crippen LogP contribution in [0, 0.1) is 17.3 Å². The van der Waals surface area contributed by atoms with Crippen molar-refractivity contribution in [2.75, 3.05) is 20.1 Å². The Morgan fingerprint density at radius 2 is 2.00 bits per heavy atom. The monoisotopic (exact) mass is 303 g/mol. The van der Waals surface area contributed by atoms with E-state index in [0.717, 1.165) is 0 Å². The Morgan fingerprint density at radius 1 is 1.33 bits per heavy atom. The average Bonchev–Trinajstić information content (AvgIpc) is 2.37. The van der Waals surface area contributed by atoms with Gasteiger partial charge in [-0.25, -0.2) is 0 Å². The van der Waals surface area contributed by atoms with Crippen LogP contribution in [0.4, 0.5) is 0 Å². The lowest BCUT2D eigenvalue weighted by atomic mass is 9.98. The molecular formula is C18H22ClNO. The first-order chi connectivity index (χ1) is 9.79. The van der Waals surface area contributed by atoms with Crippen molar-refractivity contribution in [3.05, 3.63) is 47.0 Å². The number of hydrogen-bond acceptors (Lipinski definition) is 2. The van der Waals surface area contributed by atoms with Gasteiger partial charge in [0.05, 0.1) is 11.6 Å². The molecule has 0 radical (unpaired) electrons. The van der Waals surface area contributed by atoms with Gasteiger partial charge in [-0.15, -0.1) is 0 Å². The Bertz CT molecular complexity index is 573. The second-order valence-electron chi connectivity index (χ2n) is 6.02. The predicted molar refractivity (Wildman–Crippen MR) is 89.7 cm³/mol. The van der Waals surface area contributed by atoms with Gasteiger partial charge in [-0.2, -0.15) is 0 Å². The quantitative estimate of drug-likeness (QED) is 0.604. The fourth-order valence-electron chi connectivity index (χ4n) is 1.63. The highest BCUT2D eigenvalue weighted by molar-refractivity contribution is 6.34. The second-order valence-corrected chi connectivity index (χ2v) is 6.43. The molecule has 0 fully saturated rings. The highest BCUT2D eigenvalue weighted by Crippen LogP contribution is 2.15. The molecule has 0 aliphatic heterocycles. The number of ketones is 1. The van der Waals surface area contributed by atoms with Crippen LogP contribution in [0.2, 0.25) is 5.02 Å². The van der Waals surface area contributed by atoms with Crippen molar-refractivity contribution in [1.29, 1.82) is 0 Å². The number of halogens is 1. The van der Waals surface area contributed by atoms with Gasteiger partial charge in [-0.05, 0) is 46.0 Å². The van der Waals surface area contributed by atoms with E-state index in [-0.39, 0.29) is 11.2 Å². The Morgan fingerprint density at radius 3 is 2.62 bits per heavy atom. The van der Waals surface area contributed by atoms with E-state index in [9.17, 15) is 4.79 Å². The Hall–Kier alpha value is -1.56. The van der Waals surface area contributed by atoms with Crippen LogP contribution in [0.1, 0.15) is 31.1 Å². The highest BCUT2D eigenvalue weighted by Gasteiger charge is 2.11. The van der Waals surface area contributed by atoms with E-state index in [1.54, 1.807) is 12.1 Å². The van der Waals surface area contributed by atoms with E-state index in [2.05, 4.69) is 32.6 Å². The largest absolute Gasteiger partial charge is 0.295 e. The number of likely N-dealkylation sites (N-methyl/N-ethyl adjacent to an activating group) is 1. The van der Waals surface area contributed by atoms with Crippen molar-refractivity contribution in [1.82, 2.24) is 4.90 Å². The number of carbonyl (C=O) groups is 1. The fourth-order valence-corrected chi connectivity index (χ4v) is 1.87. The minimum Gasteiger partial charge on any atom is -0.295 e. The van der Waals surface area contributed by atoms with Crippen molar-refractivity contribution in [2.45, 2.75) is 20.8 Å². The number of benzene rings is 1. The SMILES string of the molecule is CN(C/C=C/C#CC(C)(C)C)CC(=O)c1ccccc1Cl. The summed E-state index contributed by atoms with van der Waals surface area (Å²) in [6, 6.07) is 7.13. The molecule has 0 aliphatic rings. The van der Waals surface area contributed by atoms with E-state index >= 15 is 0 Å². The van der Waals surface area contributed by atoms with Gasteiger partial charge in [0.2, 0.25) is 0 Å². The molecule has 0 atom stereocenters. The van der Waals surface area contributed by atoms with Crippen LogP contribution >= 0.6 is 11.6 Å². The molecule has 0 saturated carbocycles. The van der Waals surface area contributed by atoms with E-state index < -0.39 is 0 Å². The minimum absolute atomic E-state index is 0.0102. The Kier molecular flexibility index (Phi) is 6.68. The Labute approximate surface area is 132 Å². The summed E-state index contributed by atoms with van der Waals surface area (Å²) in [5.74, 6) is 6.17. The summed E-state index contributed by atoms with van der Waals surface area (Å²) in [7, 11) is 1.90. The standard InChI is InChI=1S/C18H22ClNO/c1-18(2,3)12-8-5-9-13-20(4)14-17(21)15-10-6-7-11-16(15)19/h5-7,9-11H,13-14H2,1-4H3/b9-5+. The number of allylic oxidation sites excluding steroid dienone is 1. The van der Waals surface area contributed by atoms with Crippen molar-refractivity contribution in [3.63, 3.8) is 0 Å². The van der Waals surface area contributed by atoms with Gasteiger partial charge in [0.15, 0.2) is 5.78 Å². The molecule has 0 saturated heterocycles. The zero-order valence-electron chi connectivity index (χ0n) is 13.1. The van der Waals surface area contributed by atoms with Crippen LogP contribution in [0.25, 0.3) is 0 Å². The van der Waals surface area contributed by atoms with Crippen LogP contribution in [-0.4, -0.2) is 30.8 Å². The zero-order valence-corrected chi connectivity index (χ0v) is 13.9. The third-order valence-electron chi connectivity index (χ3n) is 2.65. The van der Waals surface area contributed by atoms with Crippen molar-refractivity contribution in [3.8, 4) is 11.8 Å². The normalized spacial score (nSPS) is 11.5. The maximum Gasteiger partial charge on any atom is 0.178 e. The van der Waals surface area contributed by atoms with Gasteiger partial charge in [0.1, 0.15) is 0 Å². The van der Waals surface area contributed by atoms with Crippen LogP contribution in [0.15, 0.2) is 36.4 Å². The molecule has 2 nitrogen and oxygen atoms in total. The molecule has 0 bridgehead atoms. The average molecular weight is 304 g/mol. The molecule has 21 heavy (non-hydrogen) atoms. The van der Waals surface area contributed by atoms with Crippen molar-refractivity contribution < 1.29 is 4.79 Å². The summed E-state index contributed by atoms with van der Waals surface area (Å²) >= 11 is 6.02. The van der Waals surface area contributed by atoms with E-state index in [4.69, 9.17) is 11.6 Å². The molecule has 1 rings (SSSR count). The fraction of sp³-hybridized carbons (Fsp3) is 0.389. The molecule has 1 aromatic carbocycles. The maximum absolute atomic E-state index is 12.1. The third kappa shape index (κ3) is 7.13. The smallest absolute Gasteiger partial charge is 0.178 e. The van der Waals surface area contributed by atoms with Gasteiger partial charge < -0.3 is 0 Å². The molecule has 112 valence electrons. The van der Waals surface area contributed by atoms with E-state index in [1.807, 2.05) is 36.2 Å². The first kappa shape index (κ1) is 17.5. The molecule has 0 aromatic heterocycles. The van der Waals surface area contributed by atoms with Crippen molar-refractivity contribution >= 4 is 17.4 Å². The van der Waals surface area contributed by atoms with Gasteiger partial charge in [0, 0.05) is 17.5 Å². The molecule has 0 spiro atoms. The van der Waals surface area contributed by atoms with E-state index in [0.29, 0.717) is 23.7 Å². The topological polar surface area (TPSA) is 20.3 Å². The second kappa shape index (κ2) is 8.02. The summed E-state index contributed by atoms with van der Waals surface area (Å²) in [5.41, 5.74) is 0.582. The third-order valence-corrected chi connectivity index (χ3v) is 2.98. The van der Waals surface area contributed by atoms with Gasteiger partial charge >= 0.3 is 0 Å². The molecule has 0 heterocycles. The van der Waals surface area contributed by atoms with Gasteiger partial charge in [0.25, 0.3) is 0 Å². The van der Waals surface area contributed by atoms with Crippen LogP contribution < -0.4 is 0 Å². The van der Waals surface area contributed by atoms with Gasteiger partial charge in [-0.1, -0.05) is 41.7 Å². The highest BCUT2D eigenvalue weighted by atomic mass is 35.5. The summed E-state index contributed by atoms with van der Waals surface area (Å²) in [4.78, 5) is 14.0. The number of Topliss-reactive ketones (excluding diaryl/α,β-unsaturated/α-hetero) is 1. The number of nitrogens with zero attached hydrogens (tertiary/aromatic N) is 1. The maximum atomic E-state index is 12.1. The van der Waals surface area contributed by atoms with Crippen molar-refractivity contribution in [2.24, 2.45) is 5.41 Å². The molecule has 0 N–H and O–H groups in total. The summed E-state index contributed by atoms with van der Waals surface area (Å²) in [6.07, 6.45) is 3.79. The number of hydrogen-bond donors (Lipinski definition) is 0. The zero-order chi connectivity index (χ0) is 15.9. The molecule has 0 unspecified atom stereocenters. The minimum atomic E-state index is 0.0102.